The molecule has 2 aliphatic heterocycles. The van der Waals surface area contributed by atoms with Crippen molar-refractivity contribution in [2.75, 3.05) is 4.90 Å². The highest BCUT2D eigenvalue weighted by Crippen LogP contribution is 2.65. The summed E-state index contributed by atoms with van der Waals surface area (Å²) in [7, 11) is 0. The number of imide groups is 2. The average molecular weight is 683 g/mol. The van der Waals surface area contributed by atoms with Gasteiger partial charge in [0.2, 0.25) is 23.6 Å². The summed E-state index contributed by atoms with van der Waals surface area (Å²) in [5.41, 5.74) is 2.33. The fourth-order valence-corrected chi connectivity index (χ4v) is 9.42. The van der Waals surface area contributed by atoms with Gasteiger partial charge < -0.3 is 5.11 Å². The molecule has 4 aromatic carbocycles. The third-order valence-electron chi connectivity index (χ3n) is 11.3. The highest BCUT2D eigenvalue weighted by molar-refractivity contribution is 6.32. The van der Waals surface area contributed by atoms with Gasteiger partial charge in [-0.15, -0.1) is 6.58 Å². The van der Waals surface area contributed by atoms with E-state index in [1.165, 1.54) is 9.80 Å². The number of aromatic hydroxyl groups is 1. The van der Waals surface area contributed by atoms with E-state index < -0.39 is 46.8 Å². The quantitative estimate of drug-likeness (QED) is 0.165. The molecule has 0 spiro atoms. The van der Waals surface area contributed by atoms with Gasteiger partial charge in [-0.05, 0) is 60.1 Å². The van der Waals surface area contributed by atoms with E-state index in [-0.39, 0.29) is 30.5 Å². The number of phenolic OH excluding ortho intramolecular Hbond substituents is 1. The van der Waals surface area contributed by atoms with Gasteiger partial charge >= 0.3 is 0 Å². The number of nitrogens with zero attached hydrogens (tertiary/aromatic N) is 2. The number of halogens is 1. The van der Waals surface area contributed by atoms with Gasteiger partial charge in [-0.3, -0.25) is 24.1 Å². The number of carbonyl (C=O) groups excluding carboxylic acids is 4. The molecule has 4 aliphatic rings. The Kier molecular flexibility index (Phi) is 7.83. The first-order valence-corrected chi connectivity index (χ1v) is 17.3. The van der Waals surface area contributed by atoms with E-state index in [1.54, 1.807) is 30.3 Å². The first-order valence-electron chi connectivity index (χ1n) is 17.0. The predicted octanol–water partition coefficient (Wildman–Crippen LogP) is 7.14. The monoisotopic (exact) mass is 682 g/mol. The summed E-state index contributed by atoms with van der Waals surface area (Å²) >= 11 is 6.40. The van der Waals surface area contributed by atoms with Crippen molar-refractivity contribution in [3.8, 4) is 5.75 Å². The van der Waals surface area contributed by atoms with Crippen molar-refractivity contribution in [2.24, 2.45) is 23.7 Å². The Morgan fingerprint density at radius 1 is 0.840 bits per heavy atom. The lowest BCUT2D eigenvalue weighted by Crippen LogP contribution is -2.53. The van der Waals surface area contributed by atoms with Gasteiger partial charge in [0.25, 0.3) is 0 Å². The van der Waals surface area contributed by atoms with Crippen LogP contribution < -0.4 is 4.90 Å². The molecular weight excluding hydrogens is 648 g/mol. The Morgan fingerprint density at radius 2 is 1.56 bits per heavy atom. The van der Waals surface area contributed by atoms with Crippen LogP contribution in [0.2, 0.25) is 5.02 Å². The van der Waals surface area contributed by atoms with Crippen molar-refractivity contribution < 1.29 is 24.3 Å². The number of likely N-dealkylation sites (tertiary alicyclic amines) is 1. The summed E-state index contributed by atoms with van der Waals surface area (Å²) in [5.74, 6) is -4.80. The summed E-state index contributed by atoms with van der Waals surface area (Å²) in [6.07, 6.45) is 4.60. The number of fused-ring (bicyclic) bond motifs is 4. The zero-order chi connectivity index (χ0) is 34.7. The molecule has 2 heterocycles. The molecule has 2 aliphatic carbocycles. The number of phenols is 1. The Bertz CT molecular complexity index is 2100. The largest absolute Gasteiger partial charge is 0.507 e. The second kappa shape index (κ2) is 12.3. The first-order chi connectivity index (χ1) is 24.3. The van der Waals surface area contributed by atoms with Gasteiger partial charge in [-0.2, -0.15) is 0 Å². The van der Waals surface area contributed by atoms with Crippen LogP contribution >= 0.6 is 11.6 Å². The van der Waals surface area contributed by atoms with E-state index in [2.05, 4.69) is 6.58 Å². The number of rotatable bonds is 7. The molecule has 4 aromatic rings. The summed E-state index contributed by atoms with van der Waals surface area (Å²) < 4.78 is 0. The first kappa shape index (κ1) is 32.0. The lowest BCUT2D eigenvalue weighted by atomic mass is 9.49. The van der Waals surface area contributed by atoms with Crippen LogP contribution in [0.5, 0.6) is 5.75 Å². The number of carbonyl (C=O) groups is 4. The van der Waals surface area contributed by atoms with Crippen molar-refractivity contribution >= 4 is 40.9 Å². The van der Waals surface area contributed by atoms with Gasteiger partial charge in [-0.25, -0.2) is 4.90 Å². The van der Waals surface area contributed by atoms with Crippen LogP contribution in [0.1, 0.15) is 41.0 Å². The van der Waals surface area contributed by atoms with Crippen molar-refractivity contribution in [1.82, 2.24) is 4.90 Å². The molecule has 6 unspecified atom stereocenters. The van der Waals surface area contributed by atoms with Crippen molar-refractivity contribution in [3.05, 3.63) is 155 Å². The topological polar surface area (TPSA) is 95.0 Å². The van der Waals surface area contributed by atoms with E-state index in [0.29, 0.717) is 40.2 Å². The second-order valence-corrected chi connectivity index (χ2v) is 14.1. The van der Waals surface area contributed by atoms with Crippen molar-refractivity contribution in [1.29, 1.82) is 0 Å². The van der Waals surface area contributed by atoms with Crippen LogP contribution in [0.4, 0.5) is 5.69 Å². The maximum absolute atomic E-state index is 15.4. The molecule has 8 rings (SSSR count). The minimum atomic E-state index is -1.46. The normalized spacial score (nSPS) is 27.1. The number of hydrogen-bond donors (Lipinski definition) is 1. The SMILES string of the molecule is C=CCc1cccc(C2C3=CCC4C(=O)N(Cc5ccccc5)C(=O)C4C3CC3C(=O)N(c4cccc(Cl)c4)C(=O)C32c2ccccc2)c1O. The average Bonchev–Trinajstić information content (AvgIpc) is 3.50. The van der Waals surface area contributed by atoms with E-state index >= 15 is 4.79 Å². The van der Waals surface area contributed by atoms with Crippen LogP contribution in [0, 0.1) is 23.7 Å². The third-order valence-corrected chi connectivity index (χ3v) is 11.5. The number of benzene rings is 4. The summed E-state index contributed by atoms with van der Waals surface area (Å²) in [4.78, 5) is 61.2. The Labute approximate surface area is 295 Å². The predicted molar refractivity (Wildman–Crippen MR) is 190 cm³/mol. The van der Waals surface area contributed by atoms with E-state index in [4.69, 9.17) is 11.6 Å². The number of amides is 4. The van der Waals surface area contributed by atoms with Crippen LogP contribution in [0.25, 0.3) is 0 Å². The molecule has 50 heavy (non-hydrogen) atoms. The molecule has 3 fully saturated rings. The lowest BCUT2D eigenvalue weighted by Gasteiger charge is -2.50. The molecule has 0 aromatic heterocycles. The number of para-hydroxylation sites is 1. The molecule has 8 heteroatoms. The Hall–Kier alpha value is -5.27. The number of allylic oxidation sites excluding steroid dienone is 3. The van der Waals surface area contributed by atoms with Gasteiger partial charge in [0.15, 0.2) is 0 Å². The molecule has 6 atom stereocenters. The van der Waals surface area contributed by atoms with Crippen molar-refractivity contribution in [3.63, 3.8) is 0 Å². The minimum absolute atomic E-state index is 0.0242. The zero-order valence-electron chi connectivity index (χ0n) is 27.2. The number of anilines is 1. The van der Waals surface area contributed by atoms with E-state index in [9.17, 15) is 19.5 Å². The molecular formula is C42H35ClN2O5. The molecule has 250 valence electrons. The highest BCUT2D eigenvalue weighted by atomic mass is 35.5. The molecule has 4 amide bonds. The molecule has 1 N–H and O–H groups in total. The molecule has 0 bridgehead atoms. The molecule has 2 saturated heterocycles. The van der Waals surface area contributed by atoms with Crippen molar-refractivity contribution in [2.45, 2.75) is 37.1 Å². The Morgan fingerprint density at radius 3 is 2.28 bits per heavy atom. The van der Waals surface area contributed by atoms with Crippen LogP contribution in [-0.4, -0.2) is 33.6 Å². The molecule has 7 nitrogen and oxygen atoms in total. The van der Waals surface area contributed by atoms with Crippen LogP contribution in [-0.2, 0) is 37.6 Å². The maximum atomic E-state index is 15.4. The van der Waals surface area contributed by atoms with Gasteiger partial charge in [0.05, 0.1) is 35.4 Å². The standard InChI is InChI=1S/C42H35ClN2O5/c1-2-11-26-14-9-19-32(37(26)46)36-30-20-21-31-35(40(49)44(38(31)47)24-25-12-5-3-6-13-25)33(30)23-34-39(48)45(29-18-10-17-28(43)22-29)41(50)42(34,36)27-15-7-4-8-16-27/h2-10,12-20,22,31,33-36,46H,1,11,21,23-24H2. The fourth-order valence-electron chi connectivity index (χ4n) is 9.24. The van der Waals surface area contributed by atoms with Crippen LogP contribution in [0.3, 0.4) is 0 Å². The number of hydrogen-bond acceptors (Lipinski definition) is 5. The van der Waals surface area contributed by atoms with E-state index in [1.807, 2.05) is 84.9 Å². The van der Waals surface area contributed by atoms with Gasteiger partial charge in [0, 0.05) is 16.5 Å². The Balaban J connectivity index is 1.35. The zero-order valence-corrected chi connectivity index (χ0v) is 28.0. The molecule has 0 radical (unpaired) electrons. The van der Waals surface area contributed by atoms with Gasteiger partial charge in [0.1, 0.15) is 5.75 Å². The highest BCUT2D eigenvalue weighted by Gasteiger charge is 2.70. The minimum Gasteiger partial charge on any atom is -0.507 e. The maximum Gasteiger partial charge on any atom is 0.246 e. The third kappa shape index (κ3) is 4.63. The molecule has 1 saturated carbocycles. The summed E-state index contributed by atoms with van der Waals surface area (Å²) in [6.45, 7) is 4.03. The van der Waals surface area contributed by atoms with Crippen LogP contribution in [0.15, 0.2) is 127 Å². The second-order valence-electron chi connectivity index (χ2n) is 13.7. The summed E-state index contributed by atoms with van der Waals surface area (Å²) in [6, 6.07) is 30.9. The smallest absolute Gasteiger partial charge is 0.246 e. The van der Waals surface area contributed by atoms with E-state index in [0.717, 1.165) is 11.1 Å². The summed E-state index contributed by atoms with van der Waals surface area (Å²) in [5, 5.41) is 12.4. The lowest BCUT2D eigenvalue weighted by molar-refractivity contribution is -0.141. The van der Waals surface area contributed by atoms with Gasteiger partial charge in [-0.1, -0.05) is 114 Å². The fraction of sp³-hybridized carbons (Fsp3) is 0.238.